The number of nitrogens with one attached hydrogen (secondary N) is 1. The van der Waals surface area contributed by atoms with Gasteiger partial charge in [-0.15, -0.1) is 0 Å². The average molecular weight is 536 g/mol. The third-order valence-corrected chi connectivity index (χ3v) is 6.99. The van der Waals surface area contributed by atoms with Crippen molar-refractivity contribution >= 4 is 22.5 Å². The molecule has 2 heterocycles. The molecule has 0 bridgehead atoms. The van der Waals surface area contributed by atoms with E-state index in [-0.39, 0.29) is 28.9 Å². The molecule has 1 fully saturated rings. The number of hydrogen-bond acceptors (Lipinski definition) is 5. The molecular formula is C29H28F3N5O2. The van der Waals surface area contributed by atoms with E-state index in [9.17, 15) is 22.8 Å². The number of likely N-dealkylation sites (N-methyl/N-ethyl adjacent to an activating group) is 1. The SMILES string of the molecule is Cc1nc2ccccc2c(=O)n1-c1ccc(C(=O)Nc2ccc(CN3CCN(C)CC3)c(C(F)(F)F)c2)cc1. The molecule has 0 spiro atoms. The summed E-state index contributed by atoms with van der Waals surface area (Å²) in [4.78, 5) is 34.5. The average Bonchev–Trinajstić information content (AvgIpc) is 2.90. The lowest BCUT2D eigenvalue weighted by atomic mass is 10.0. The minimum absolute atomic E-state index is 0.0596. The maximum absolute atomic E-state index is 13.9. The molecule has 0 atom stereocenters. The van der Waals surface area contributed by atoms with Crippen LogP contribution in [0.3, 0.4) is 0 Å². The Kier molecular flexibility index (Phi) is 7.24. The predicted molar refractivity (Wildman–Crippen MR) is 144 cm³/mol. The van der Waals surface area contributed by atoms with Gasteiger partial charge in [-0.2, -0.15) is 13.2 Å². The number of aromatic nitrogens is 2. The zero-order valence-electron chi connectivity index (χ0n) is 21.6. The number of para-hydroxylation sites is 1. The van der Waals surface area contributed by atoms with Crippen molar-refractivity contribution in [1.29, 1.82) is 0 Å². The molecule has 1 aromatic heterocycles. The second-order valence-corrected chi connectivity index (χ2v) is 9.77. The number of hydrogen-bond donors (Lipinski definition) is 1. The maximum atomic E-state index is 13.9. The number of rotatable bonds is 5. The number of fused-ring (bicyclic) bond motifs is 1. The van der Waals surface area contributed by atoms with Crippen molar-refractivity contribution in [2.75, 3.05) is 38.5 Å². The van der Waals surface area contributed by atoms with E-state index in [0.29, 0.717) is 35.5 Å². The van der Waals surface area contributed by atoms with E-state index < -0.39 is 17.6 Å². The Hall–Kier alpha value is -4.02. The lowest BCUT2D eigenvalue weighted by Gasteiger charge is -2.33. The summed E-state index contributed by atoms with van der Waals surface area (Å²) in [6.07, 6.45) is -4.55. The Morgan fingerprint density at radius 1 is 0.974 bits per heavy atom. The summed E-state index contributed by atoms with van der Waals surface area (Å²) in [5.41, 5.74) is 0.622. The molecule has 0 aliphatic carbocycles. The van der Waals surface area contributed by atoms with Gasteiger partial charge >= 0.3 is 6.18 Å². The normalized spacial score (nSPS) is 15.0. The van der Waals surface area contributed by atoms with E-state index in [1.165, 1.54) is 28.8 Å². The number of nitrogens with zero attached hydrogens (tertiary/aromatic N) is 4. The highest BCUT2D eigenvalue weighted by Crippen LogP contribution is 2.34. The van der Waals surface area contributed by atoms with Crippen LogP contribution >= 0.6 is 0 Å². The molecule has 0 radical (unpaired) electrons. The van der Waals surface area contributed by atoms with Crippen molar-refractivity contribution in [3.05, 3.63) is 99.6 Å². The highest BCUT2D eigenvalue weighted by molar-refractivity contribution is 6.04. The molecule has 1 amide bonds. The second kappa shape index (κ2) is 10.6. The molecule has 0 unspecified atom stereocenters. The monoisotopic (exact) mass is 535 g/mol. The van der Waals surface area contributed by atoms with Gasteiger partial charge < -0.3 is 10.2 Å². The topological polar surface area (TPSA) is 70.5 Å². The first-order chi connectivity index (χ1) is 18.6. The number of amides is 1. The van der Waals surface area contributed by atoms with Crippen LogP contribution in [0.5, 0.6) is 0 Å². The van der Waals surface area contributed by atoms with Crippen LogP contribution in [0.1, 0.15) is 27.3 Å². The standard InChI is InChI=1S/C29H28F3N5O2/c1-19-33-26-6-4-3-5-24(26)28(39)37(19)23-11-8-20(9-12-23)27(38)34-22-10-7-21(25(17-22)29(30,31)32)18-36-15-13-35(2)14-16-36/h3-12,17H,13-16,18H2,1-2H3,(H,34,38). The van der Waals surface area contributed by atoms with E-state index in [2.05, 4.69) is 15.2 Å². The molecule has 5 rings (SSSR count). The number of carbonyl (C=O) groups is 1. The summed E-state index contributed by atoms with van der Waals surface area (Å²) in [7, 11) is 1.99. The largest absolute Gasteiger partial charge is 0.416 e. The van der Waals surface area contributed by atoms with Crippen LogP contribution in [0, 0.1) is 6.92 Å². The number of aryl methyl sites for hydroxylation is 1. The van der Waals surface area contributed by atoms with Gasteiger partial charge in [-0.25, -0.2) is 4.98 Å². The predicted octanol–water partition coefficient (Wildman–Crippen LogP) is 4.71. The van der Waals surface area contributed by atoms with Crippen molar-refractivity contribution in [1.82, 2.24) is 19.4 Å². The number of piperazine rings is 1. The van der Waals surface area contributed by atoms with E-state index >= 15 is 0 Å². The van der Waals surface area contributed by atoms with E-state index in [1.54, 1.807) is 37.3 Å². The number of anilines is 1. The number of carbonyl (C=O) groups excluding carboxylic acids is 1. The van der Waals surface area contributed by atoms with Gasteiger partial charge in [0.2, 0.25) is 0 Å². The first kappa shape index (κ1) is 26.6. The van der Waals surface area contributed by atoms with Gasteiger partial charge in [0, 0.05) is 44.0 Å². The maximum Gasteiger partial charge on any atom is 0.416 e. The molecule has 1 aliphatic heterocycles. The van der Waals surface area contributed by atoms with Gasteiger partial charge in [-0.05, 0) is 68.1 Å². The molecule has 1 aliphatic rings. The number of alkyl halides is 3. The van der Waals surface area contributed by atoms with Gasteiger partial charge in [-0.1, -0.05) is 18.2 Å². The summed E-state index contributed by atoms with van der Waals surface area (Å²) in [5, 5.41) is 3.05. The molecule has 202 valence electrons. The van der Waals surface area contributed by atoms with Crippen LogP contribution in [0.4, 0.5) is 18.9 Å². The summed E-state index contributed by atoms with van der Waals surface area (Å²) >= 11 is 0. The van der Waals surface area contributed by atoms with Gasteiger partial charge in [0.15, 0.2) is 0 Å². The second-order valence-electron chi connectivity index (χ2n) is 9.77. The van der Waals surface area contributed by atoms with Gasteiger partial charge in [0.05, 0.1) is 22.2 Å². The Morgan fingerprint density at radius 3 is 2.36 bits per heavy atom. The van der Waals surface area contributed by atoms with Crippen molar-refractivity contribution in [3.8, 4) is 5.69 Å². The van der Waals surface area contributed by atoms with Crippen LogP contribution in [0.15, 0.2) is 71.5 Å². The molecule has 3 aromatic carbocycles. The van der Waals surface area contributed by atoms with Gasteiger partial charge in [0.1, 0.15) is 5.82 Å². The fraction of sp³-hybridized carbons (Fsp3) is 0.276. The summed E-state index contributed by atoms with van der Waals surface area (Å²) in [6, 6.07) is 17.2. The lowest BCUT2D eigenvalue weighted by Crippen LogP contribution is -2.44. The van der Waals surface area contributed by atoms with E-state index in [1.807, 2.05) is 18.0 Å². The molecule has 4 aromatic rings. The van der Waals surface area contributed by atoms with Crippen LogP contribution < -0.4 is 10.9 Å². The Labute approximate surface area is 223 Å². The highest BCUT2D eigenvalue weighted by atomic mass is 19.4. The quantitative estimate of drug-likeness (QED) is 0.401. The fourth-order valence-electron chi connectivity index (χ4n) is 4.82. The lowest BCUT2D eigenvalue weighted by molar-refractivity contribution is -0.138. The van der Waals surface area contributed by atoms with Crippen molar-refractivity contribution in [3.63, 3.8) is 0 Å². The number of halogens is 3. The third-order valence-electron chi connectivity index (χ3n) is 6.99. The van der Waals surface area contributed by atoms with E-state index in [4.69, 9.17) is 0 Å². The molecule has 1 N–H and O–H groups in total. The first-order valence-electron chi connectivity index (χ1n) is 12.6. The minimum Gasteiger partial charge on any atom is -0.322 e. The summed E-state index contributed by atoms with van der Waals surface area (Å²) in [5.74, 6) is -0.0607. The van der Waals surface area contributed by atoms with Crippen molar-refractivity contribution < 1.29 is 18.0 Å². The molecule has 39 heavy (non-hydrogen) atoms. The van der Waals surface area contributed by atoms with Crippen LogP contribution in [0.25, 0.3) is 16.6 Å². The summed E-state index contributed by atoms with van der Waals surface area (Å²) < 4.78 is 43.2. The molecule has 7 nitrogen and oxygen atoms in total. The van der Waals surface area contributed by atoms with Crippen molar-refractivity contribution in [2.45, 2.75) is 19.6 Å². The van der Waals surface area contributed by atoms with Gasteiger partial charge in [-0.3, -0.25) is 19.1 Å². The zero-order chi connectivity index (χ0) is 27.7. The Morgan fingerprint density at radius 2 is 1.67 bits per heavy atom. The van der Waals surface area contributed by atoms with Crippen LogP contribution in [0.2, 0.25) is 0 Å². The third kappa shape index (κ3) is 5.71. The fourth-order valence-corrected chi connectivity index (χ4v) is 4.82. The highest BCUT2D eigenvalue weighted by Gasteiger charge is 2.34. The Bertz CT molecular complexity index is 1570. The zero-order valence-corrected chi connectivity index (χ0v) is 21.6. The first-order valence-corrected chi connectivity index (χ1v) is 12.6. The molecule has 10 heteroatoms. The molecule has 0 saturated carbocycles. The van der Waals surface area contributed by atoms with E-state index in [0.717, 1.165) is 19.2 Å². The molecule has 1 saturated heterocycles. The molecular weight excluding hydrogens is 507 g/mol. The minimum atomic E-state index is -4.55. The number of benzene rings is 3. The van der Waals surface area contributed by atoms with Crippen LogP contribution in [-0.4, -0.2) is 58.5 Å². The smallest absolute Gasteiger partial charge is 0.322 e. The summed E-state index contributed by atoms with van der Waals surface area (Å²) in [6.45, 7) is 4.92. The van der Waals surface area contributed by atoms with Gasteiger partial charge in [0.25, 0.3) is 11.5 Å². The Balaban J connectivity index is 1.35. The van der Waals surface area contributed by atoms with Crippen LogP contribution in [-0.2, 0) is 12.7 Å². The van der Waals surface area contributed by atoms with Crippen molar-refractivity contribution in [2.24, 2.45) is 0 Å².